The number of guanidine groups is 1. The Labute approximate surface area is 183 Å². The Morgan fingerprint density at radius 1 is 1.32 bits per heavy atom. The molecule has 1 aromatic heterocycles. The van der Waals surface area contributed by atoms with Crippen molar-refractivity contribution in [2.75, 3.05) is 20.1 Å². The van der Waals surface area contributed by atoms with Gasteiger partial charge in [-0.05, 0) is 36.0 Å². The first kappa shape index (κ1) is 22.2. The molecule has 1 aliphatic rings. The number of nitrogens with two attached hydrogens (primary N) is 1. The zero-order chi connectivity index (χ0) is 19.1. The molecule has 28 heavy (non-hydrogen) atoms. The number of carbonyl (C=O) groups is 1. The Kier molecular flexibility index (Phi) is 8.75. The van der Waals surface area contributed by atoms with E-state index in [1.54, 1.807) is 13.2 Å². The standard InChI is InChI=1S/C20H28N6O.HI/c1-22-20(25-10-4-6-16(14-25)12-19(21)27)23-13-17-7-2-3-8-18(17)15-26-11-5-9-24-26;/h2-3,5,7-9,11,16H,4,6,10,12-15H2,1H3,(H2,21,27)(H,22,23);1H. The second-order valence-electron chi connectivity index (χ2n) is 7.00. The highest BCUT2D eigenvalue weighted by Crippen LogP contribution is 2.19. The summed E-state index contributed by atoms with van der Waals surface area (Å²) in [6.45, 7) is 3.20. The quantitative estimate of drug-likeness (QED) is 0.365. The van der Waals surface area contributed by atoms with E-state index in [9.17, 15) is 4.79 Å². The van der Waals surface area contributed by atoms with Crippen molar-refractivity contribution in [3.05, 3.63) is 53.9 Å². The summed E-state index contributed by atoms with van der Waals surface area (Å²) in [5, 5.41) is 7.78. The van der Waals surface area contributed by atoms with Gasteiger partial charge in [-0.15, -0.1) is 24.0 Å². The summed E-state index contributed by atoms with van der Waals surface area (Å²) in [6, 6.07) is 10.3. The molecular formula is C20H29IN6O. The number of likely N-dealkylation sites (tertiary alicyclic amines) is 1. The average Bonchev–Trinajstić information content (AvgIpc) is 3.16. The number of piperidine rings is 1. The van der Waals surface area contributed by atoms with Crippen LogP contribution >= 0.6 is 24.0 Å². The number of halogens is 1. The molecular weight excluding hydrogens is 467 g/mol. The minimum absolute atomic E-state index is 0. The smallest absolute Gasteiger partial charge is 0.217 e. The topological polar surface area (TPSA) is 88.5 Å². The van der Waals surface area contributed by atoms with Crippen molar-refractivity contribution in [1.29, 1.82) is 0 Å². The lowest BCUT2D eigenvalue weighted by molar-refractivity contribution is -0.119. The van der Waals surface area contributed by atoms with Gasteiger partial charge in [-0.1, -0.05) is 24.3 Å². The van der Waals surface area contributed by atoms with Gasteiger partial charge in [-0.3, -0.25) is 14.5 Å². The molecule has 7 nitrogen and oxygen atoms in total. The van der Waals surface area contributed by atoms with Crippen molar-refractivity contribution >= 4 is 35.8 Å². The van der Waals surface area contributed by atoms with Crippen molar-refractivity contribution < 1.29 is 4.79 Å². The molecule has 3 rings (SSSR count). The summed E-state index contributed by atoms with van der Waals surface area (Å²) < 4.78 is 1.92. The minimum Gasteiger partial charge on any atom is -0.370 e. The van der Waals surface area contributed by atoms with Gasteiger partial charge in [0.1, 0.15) is 0 Å². The molecule has 0 radical (unpaired) electrons. The number of aliphatic imine (C=N–C) groups is 1. The van der Waals surface area contributed by atoms with Crippen LogP contribution in [0.3, 0.4) is 0 Å². The normalized spacial score (nSPS) is 17.1. The molecule has 1 aromatic carbocycles. The first-order chi connectivity index (χ1) is 13.2. The van der Waals surface area contributed by atoms with Crippen LogP contribution in [0.5, 0.6) is 0 Å². The number of hydrogen-bond donors (Lipinski definition) is 2. The number of amides is 1. The van der Waals surface area contributed by atoms with Crippen LogP contribution in [0.15, 0.2) is 47.7 Å². The van der Waals surface area contributed by atoms with E-state index in [0.717, 1.165) is 38.4 Å². The molecule has 2 aromatic rings. The maximum absolute atomic E-state index is 11.2. The summed E-state index contributed by atoms with van der Waals surface area (Å²) in [5.41, 5.74) is 7.83. The minimum atomic E-state index is -0.225. The Balaban J connectivity index is 0.00000280. The highest BCUT2D eigenvalue weighted by Gasteiger charge is 2.23. The lowest BCUT2D eigenvalue weighted by Gasteiger charge is -2.34. The van der Waals surface area contributed by atoms with E-state index < -0.39 is 0 Å². The molecule has 1 saturated heterocycles. The van der Waals surface area contributed by atoms with Crippen LogP contribution in [0.1, 0.15) is 30.4 Å². The van der Waals surface area contributed by atoms with Crippen LogP contribution in [0.4, 0.5) is 0 Å². The highest BCUT2D eigenvalue weighted by molar-refractivity contribution is 14.0. The van der Waals surface area contributed by atoms with Crippen LogP contribution in [-0.2, 0) is 17.9 Å². The predicted octanol–water partition coefficient (Wildman–Crippen LogP) is 2.21. The second-order valence-corrected chi connectivity index (χ2v) is 7.00. The van der Waals surface area contributed by atoms with Crippen molar-refractivity contribution in [1.82, 2.24) is 20.0 Å². The maximum Gasteiger partial charge on any atom is 0.217 e. The summed E-state index contributed by atoms with van der Waals surface area (Å²) in [5.74, 6) is 0.956. The molecule has 1 fully saturated rings. The van der Waals surface area contributed by atoms with Gasteiger partial charge in [0.05, 0.1) is 6.54 Å². The fourth-order valence-electron chi connectivity index (χ4n) is 3.67. The number of hydrogen-bond acceptors (Lipinski definition) is 3. The number of aromatic nitrogens is 2. The molecule has 152 valence electrons. The lowest BCUT2D eigenvalue weighted by atomic mass is 9.95. The van der Waals surface area contributed by atoms with Gasteiger partial charge >= 0.3 is 0 Å². The van der Waals surface area contributed by atoms with Gasteiger partial charge in [0.2, 0.25) is 5.91 Å². The molecule has 1 atom stereocenters. The number of primary amides is 1. The number of rotatable bonds is 6. The van der Waals surface area contributed by atoms with Gasteiger partial charge in [-0.2, -0.15) is 5.10 Å². The van der Waals surface area contributed by atoms with Crippen molar-refractivity contribution in [3.63, 3.8) is 0 Å². The SMILES string of the molecule is CN=C(NCc1ccccc1Cn1cccn1)N1CCCC(CC(N)=O)C1.I. The molecule has 2 heterocycles. The number of benzene rings is 1. The molecule has 0 bridgehead atoms. The molecule has 3 N–H and O–H groups in total. The molecule has 0 spiro atoms. The molecule has 1 unspecified atom stereocenters. The molecule has 8 heteroatoms. The highest BCUT2D eigenvalue weighted by atomic mass is 127. The summed E-state index contributed by atoms with van der Waals surface area (Å²) >= 11 is 0. The van der Waals surface area contributed by atoms with E-state index >= 15 is 0 Å². The lowest BCUT2D eigenvalue weighted by Crippen LogP contribution is -2.47. The summed E-state index contributed by atoms with van der Waals surface area (Å²) in [7, 11) is 1.80. The third kappa shape index (κ3) is 6.22. The maximum atomic E-state index is 11.2. The monoisotopic (exact) mass is 496 g/mol. The predicted molar refractivity (Wildman–Crippen MR) is 121 cm³/mol. The Morgan fingerprint density at radius 3 is 2.79 bits per heavy atom. The first-order valence-corrected chi connectivity index (χ1v) is 9.44. The number of nitrogens with one attached hydrogen (secondary N) is 1. The third-order valence-corrected chi connectivity index (χ3v) is 4.97. The van der Waals surface area contributed by atoms with Crippen LogP contribution in [0, 0.1) is 5.92 Å². The van der Waals surface area contributed by atoms with E-state index in [2.05, 4.69) is 44.6 Å². The Hall–Kier alpha value is -2.10. The fraction of sp³-hybridized carbons (Fsp3) is 0.450. The van der Waals surface area contributed by atoms with Crippen LogP contribution in [0.25, 0.3) is 0 Å². The van der Waals surface area contributed by atoms with Crippen LogP contribution in [-0.4, -0.2) is 46.7 Å². The van der Waals surface area contributed by atoms with Gasteiger partial charge in [0.25, 0.3) is 0 Å². The third-order valence-electron chi connectivity index (χ3n) is 4.97. The summed E-state index contributed by atoms with van der Waals surface area (Å²) in [6.07, 6.45) is 6.30. The Morgan fingerprint density at radius 2 is 2.11 bits per heavy atom. The number of nitrogens with zero attached hydrogens (tertiary/aromatic N) is 4. The van der Waals surface area contributed by atoms with Gasteiger partial charge in [0, 0.05) is 45.5 Å². The van der Waals surface area contributed by atoms with Gasteiger partial charge < -0.3 is 16.0 Å². The fourth-order valence-corrected chi connectivity index (χ4v) is 3.67. The second kappa shape index (κ2) is 11.0. The Bertz CT molecular complexity index is 777. The number of carbonyl (C=O) groups excluding carboxylic acids is 1. The van der Waals surface area contributed by atoms with Gasteiger partial charge in [-0.25, -0.2) is 0 Å². The van der Waals surface area contributed by atoms with Crippen molar-refractivity contribution in [2.24, 2.45) is 16.6 Å². The largest absolute Gasteiger partial charge is 0.370 e. The zero-order valence-corrected chi connectivity index (χ0v) is 18.6. The van der Waals surface area contributed by atoms with E-state index in [0.29, 0.717) is 18.9 Å². The molecule has 0 aliphatic carbocycles. The van der Waals surface area contributed by atoms with Crippen LogP contribution < -0.4 is 11.1 Å². The first-order valence-electron chi connectivity index (χ1n) is 9.44. The molecule has 1 amide bonds. The van der Waals surface area contributed by atoms with E-state index in [1.165, 1.54) is 11.1 Å². The van der Waals surface area contributed by atoms with E-state index in [-0.39, 0.29) is 29.9 Å². The molecule has 0 saturated carbocycles. The van der Waals surface area contributed by atoms with E-state index in [4.69, 9.17) is 5.73 Å². The van der Waals surface area contributed by atoms with Crippen molar-refractivity contribution in [3.8, 4) is 0 Å². The van der Waals surface area contributed by atoms with Crippen LogP contribution in [0.2, 0.25) is 0 Å². The van der Waals surface area contributed by atoms with E-state index in [1.807, 2.05) is 16.9 Å². The van der Waals surface area contributed by atoms with Gasteiger partial charge in [0.15, 0.2) is 5.96 Å². The zero-order valence-electron chi connectivity index (χ0n) is 16.3. The summed E-state index contributed by atoms with van der Waals surface area (Å²) in [4.78, 5) is 17.9. The van der Waals surface area contributed by atoms with Crippen molar-refractivity contribution in [2.45, 2.75) is 32.4 Å². The average molecular weight is 496 g/mol. The molecule has 1 aliphatic heterocycles.